The summed E-state index contributed by atoms with van der Waals surface area (Å²) in [6.45, 7) is -2.40. The Morgan fingerprint density at radius 2 is 1.09 bits per heavy atom. The van der Waals surface area contributed by atoms with E-state index in [1.54, 1.807) is 0 Å². The first-order chi connectivity index (χ1) is 38.2. The third-order valence-corrected chi connectivity index (χ3v) is 13.0. The summed E-state index contributed by atoms with van der Waals surface area (Å²) in [6.07, 6.45) is -24.1. The number of aromatic hydroxyl groups is 5. The summed E-state index contributed by atoms with van der Waals surface area (Å²) in [4.78, 5) is 25.9. The standard InChI is InChI=1S/C53H56O27/c1-70-32-13-23(14-33(71-2)40(32)61)6-12-39(60)72-20-36-42(63)45(66)48(69)52(78-36)80-50-46(67)43(64)37(21-73-38(59)11-5-22-3-8-25(55)9-4-22)79-53(50)76-34-18-27-30(74-49(34)24-7-10-28(57)29(58)15-24)16-26(56)17-31(27)75-51-47(68)44(65)41(62)35(19-54)77-51/h3-18,35-37,41-48,50-54,62-69H,19-21H2,1-2H3,(H4-,55,56,57,58,59,60,61)/p+1/t35-,36-,37-,41-,42-,43-,44+,45+,46+,47-,48-,50-,51-,52+,53-/m1/s1. The van der Waals surface area contributed by atoms with E-state index in [-0.39, 0.29) is 51.0 Å². The lowest BCUT2D eigenvalue weighted by Gasteiger charge is -2.45. The topological polar surface area (TPSA) is 421 Å². The van der Waals surface area contributed by atoms with Crippen LogP contribution < -0.4 is 18.9 Å². The SMILES string of the molecule is COc1cc(C=CC(=O)OC[C@H]2O[C@@H](O[C@H]3[C@H](Oc4cc5c(O[C@@H]6O[C@H](CO)[C@@H](O)[C@H](O)[C@H]6O)cc(O)cc5[o+]c4-c4ccc(O)c(O)c4)O[C@H](COC(=O)C=Cc4ccc(O)cc4)[C@@H](O)[C@@H]3O)[C@H](O)[C@@H](O)[C@@H]2O)cc(OC)c1O. The number of esters is 2. The van der Waals surface area contributed by atoms with Crippen molar-refractivity contribution in [3.05, 3.63) is 96.1 Å². The van der Waals surface area contributed by atoms with Gasteiger partial charge in [-0.15, -0.1) is 0 Å². The van der Waals surface area contributed by atoms with E-state index in [1.165, 1.54) is 74.9 Å². The van der Waals surface area contributed by atoms with Gasteiger partial charge >= 0.3 is 23.3 Å². The number of phenols is 5. The number of hydrogen-bond donors (Lipinski definition) is 14. The van der Waals surface area contributed by atoms with Crippen molar-refractivity contribution in [1.82, 2.24) is 0 Å². The predicted molar refractivity (Wildman–Crippen MR) is 268 cm³/mol. The van der Waals surface area contributed by atoms with Crippen molar-refractivity contribution in [2.75, 3.05) is 34.0 Å². The summed E-state index contributed by atoms with van der Waals surface area (Å²) in [5.74, 6) is -5.12. The normalized spacial score (nSPS) is 28.9. The summed E-state index contributed by atoms with van der Waals surface area (Å²) < 4.78 is 63.0. The van der Waals surface area contributed by atoms with Gasteiger partial charge in [-0.3, -0.25) is 0 Å². The number of ether oxygens (including phenoxy) is 10. The van der Waals surface area contributed by atoms with Crippen LogP contribution in [0.5, 0.6) is 51.7 Å². The number of phenolic OH excluding ortho intramolecular Hbond substituents is 5. The van der Waals surface area contributed by atoms with E-state index in [0.29, 0.717) is 11.1 Å². The van der Waals surface area contributed by atoms with Gasteiger partial charge in [0.2, 0.25) is 24.1 Å². The van der Waals surface area contributed by atoms with Crippen molar-refractivity contribution in [3.63, 3.8) is 0 Å². The summed E-state index contributed by atoms with van der Waals surface area (Å²) >= 11 is 0. The first-order valence-electron chi connectivity index (χ1n) is 24.3. The molecule has 3 aliphatic rings. The van der Waals surface area contributed by atoms with Crippen LogP contribution in [0, 0.1) is 0 Å². The number of benzene rings is 4. The zero-order valence-corrected chi connectivity index (χ0v) is 42.1. The first-order valence-corrected chi connectivity index (χ1v) is 24.3. The van der Waals surface area contributed by atoms with Crippen molar-refractivity contribution in [1.29, 1.82) is 0 Å². The molecule has 5 aromatic rings. The maximum absolute atomic E-state index is 13.0. The molecule has 0 bridgehead atoms. The zero-order valence-electron chi connectivity index (χ0n) is 42.1. The van der Waals surface area contributed by atoms with E-state index in [9.17, 15) is 81.1 Å². The number of methoxy groups -OCH3 is 2. The maximum Gasteiger partial charge on any atom is 0.402 e. The Labute approximate surface area is 452 Å². The second kappa shape index (κ2) is 25.2. The molecular formula is C53H57O27+. The number of aliphatic hydroxyl groups is 9. The Balaban J connectivity index is 1.12. The van der Waals surface area contributed by atoms with Crippen LogP contribution in [0.4, 0.5) is 0 Å². The highest BCUT2D eigenvalue weighted by Gasteiger charge is 2.53. The molecule has 1 aromatic heterocycles. The van der Waals surface area contributed by atoms with Crippen LogP contribution in [-0.4, -0.2) is 210 Å². The number of hydrogen-bond acceptors (Lipinski definition) is 26. The number of carbonyl (C=O) groups excluding carboxylic acids is 2. The van der Waals surface area contributed by atoms with Gasteiger partial charge in [-0.1, -0.05) is 12.1 Å². The maximum atomic E-state index is 13.0. The van der Waals surface area contributed by atoms with E-state index >= 15 is 0 Å². The minimum absolute atomic E-state index is 0.0261. The molecule has 0 spiro atoms. The lowest BCUT2D eigenvalue weighted by atomic mass is 9.97. The molecule has 14 N–H and O–H groups in total. The molecule has 4 aromatic carbocycles. The number of carbonyl (C=O) groups is 2. The van der Waals surface area contributed by atoms with Crippen LogP contribution in [-0.2, 0) is 38.0 Å². The molecule has 430 valence electrons. The van der Waals surface area contributed by atoms with E-state index in [2.05, 4.69) is 0 Å². The van der Waals surface area contributed by atoms with Gasteiger partial charge in [0.25, 0.3) is 0 Å². The number of fused-ring (bicyclic) bond motifs is 1. The summed E-state index contributed by atoms with van der Waals surface area (Å²) in [5.41, 5.74) is 0.557. The van der Waals surface area contributed by atoms with Gasteiger partial charge in [0.05, 0.1) is 32.5 Å². The second-order valence-corrected chi connectivity index (χ2v) is 18.4. The number of aliphatic hydroxyl groups excluding tert-OH is 9. The van der Waals surface area contributed by atoms with Crippen molar-refractivity contribution in [2.45, 2.75) is 92.1 Å². The minimum Gasteiger partial charge on any atom is -0.508 e. The first kappa shape index (κ1) is 58.5. The largest absolute Gasteiger partial charge is 0.508 e. The fourth-order valence-corrected chi connectivity index (χ4v) is 8.59. The van der Waals surface area contributed by atoms with E-state index in [1.807, 2.05) is 0 Å². The summed E-state index contributed by atoms with van der Waals surface area (Å²) in [5, 5.41) is 150. The molecule has 15 atom stereocenters. The summed E-state index contributed by atoms with van der Waals surface area (Å²) in [7, 11) is 2.60. The van der Waals surface area contributed by atoms with Crippen LogP contribution in [0.15, 0.2) is 89.4 Å². The molecule has 0 amide bonds. The van der Waals surface area contributed by atoms with Crippen molar-refractivity contribution in [3.8, 4) is 63.1 Å². The highest BCUT2D eigenvalue weighted by atomic mass is 16.8. The van der Waals surface area contributed by atoms with Crippen molar-refractivity contribution >= 4 is 35.1 Å². The van der Waals surface area contributed by atoms with Crippen LogP contribution >= 0.6 is 0 Å². The average molecular weight is 1130 g/mol. The molecule has 80 heavy (non-hydrogen) atoms. The average Bonchev–Trinajstić information content (AvgIpc) is 3.57. The second-order valence-electron chi connectivity index (χ2n) is 18.4. The molecule has 8 rings (SSSR count). The van der Waals surface area contributed by atoms with Gasteiger partial charge in [-0.2, -0.15) is 0 Å². The van der Waals surface area contributed by atoms with Crippen LogP contribution in [0.25, 0.3) is 34.4 Å². The summed E-state index contributed by atoms with van der Waals surface area (Å²) in [6, 6.07) is 15.2. The van der Waals surface area contributed by atoms with Crippen LogP contribution in [0.3, 0.4) is 0 Å². The Morgan fingerprint density at radius 3 is 1.69 bits per heavy atom. The molecule has 27 heteroatoms. The lowest BCUT2D eigenvalue weighted by molar-refractivity contribution is -0.358. The van der Waals surface area contributed by atoms with Gasteiger partial charge in [0.1, 0.15) is 103 Å². The molecule has 0 aliphatic carbocycles. The van der Waals surface area contributed by atoms with Gasteiger partial charge in [-0.25, -0.2) is 14.0 Å². The van der Waals surface area contributed by atoms with Gasteiger partial charge in [0.15, 0.2) is 35.4 Å². The van der Waals surface area contributed by atoms with Crippen molar-refractivity contribution < 1.29 is 133 Å². The molecule has 0 unspecified atom stereocenters. The molecule has 0 saturated carbocycles. The minimum atomic E-state index is -2.16. The fraction of sp³-hybridized carbons (Fsp3) is 0.377. The molecule has 27 nitrogen and oxygen atoms in total. The Hall–Kier alpha value is -7.61. The smallest absolute Gasteiger partial charge is 0.402 e. The predicted octanol–water partition coefficient (Wildman–Crippen LogP) is -0.364. The molecular weight excluding hydrogens is 1070 g/mol. The molecule has 0 radical (unpaired) electrons. The molecule has 3 fully saturated rings. The van der Waals surface area contributed by atoms with Gasteiger partial charge in [-0.05, 0) is 59.7 Å². The molecule has 4 heterocycles. The monoisotopic (exact) mass is 1130 g/mol. The van der Waals surface area contributed by atoms with Gasteiger partial charge in [0, 0.05) is 30.4 Å². The van der Waals surface area contributed by atoms with Crippen LogP contribution in [0.1, 0.15) is 11.1 Å². The lowest BCUT2D eigenvalue weighted by Crippen LogP contribution is -2.65. The fourth-order valence-electron chi connectivity index (χ4n) is 8.59. The van der Waals surface area contributed by atoms with Gasteiger partial charge < -0.3 is 119 Å². The van der Waals surface area contributed by atoms with Crippen molar-refractivity contribution in [2.24, 2.45) is 0 Å². The molecule has 3 saturated heterocycles. The van der Waals surface area contributed by atoms with E-state index in [0.717, 1.165) is 36.4 Å². The number of rotatable bonds is 18. The highest BCUT2D eigenvalue weighted by molar-refractivity contribution is 5.89. The third-order valence-electron chi connectivity index (χ3n) is 13.0. The highest BCUT2D eigenvalue weighted by Crippen LogP contribution is 2.44. The van der Waals surface area contributed by atoms with E-state index in [4.69, 9.17) is 51.8 Å². The molecule has 3 aliphatic heterocycles. The quantitative estimate of drug-likeness (QED) is 0.0230. The Bertz CT molecular complexity index is 3010. The Morgan fingerprint density at radius 1 is 0.537 bits per heavy atom. The Kier molecular flexibility index (Phi) is 18.5. The third kappa shape index (κ3) is 13.0. The van der Waals surface area contributed by atoms with Crippen LogP contribution in [0.2, 0.25) is 0 Å². The zero-order chi connectivity index (χ0) is 57.7. The van der Waals surface area contributed by atoms with E-state index < -0.39 is 147 Å².